The minimum absolute atomic E-state index is 0.246. The molecule has 0 aliphatic rings. The van der Waals surface area contributed by atoms with Crippen molar-refractivity contribution in [1.82, 2.24) is 9.97 Å². The fourth-order valence-electron chi connectivity index (χ4n) is 1.74. The van der Waals surface area contributed by atoms with Gasteiger partial charge in [-0.1, -0.05) is 27.7 Å². The molecule has 19 heavy (non-hydrogen) atoms. The van der Waals surface area contributed by atoms with E-state index in [1.54, 1.807) is 11.3 Å². The van der Waals surface area contributed by atoms with Gasteiger partial charge in [-0.3, -0.25) is 0 Å². The highest BCUT2D eigenvalue weighted by atomic mass is 32.1. The molecule has 104 valence electrons. The molecule has 0 bridgehead atoms. The first-order chi connectivity index (χ1) is 8.95. The van der Waals surface area contributed by atoms with E-state index in [0.717, 1.165) is 35.4 Å². The van der Waals surface area contributed by atoms with Crippen LogP contribution in [0.15, 0.2) is 6.07 Å². The van der Waals surface area contributed by atoms with Gasteiger partial charge in [-0.05, 0) is 24.3 Å². The Kier molecular flexibility index (Phi) is 3.94. The number of hydrogen-bond acceptors (Lipinski definition) is 5. The van der Waals surface area contributed by atoms with Crippen molar-refractivity contribution in [2.24, 2.45) is 5.41 Å². The summed E-state index contributed by atoms with van der Waals surface area (Å²) in [5.41, 5.74) is 6.04. The van der Waals surface area contributed by atoms with Crippen molar-refractivity contribution in [3.05, 3.63) is 10.9 Å². The first-order valence-corrected chi connectivity index (χ1v) is 7.56. The summed E-state index contributed by atoms with van der Waals surface area (Å²) in [4.78, 5) is 10.9. The third kappa shape index (κ3) is 3.15. The Balaban J connectivity index is 2.33. The maximum absolute atomic E-state index is 5.79. The maximum atomic E-state index is 5.79. The zero-order valence-electron chi connectivity index (χ0n) is 12.1. The number of thiophene rings is 1. The van der Waals surface area contributed by atoms with E-state index in [1.807, 2.05) is 0 Å². The number of nitrogen functional groups attached to an aromatic ring is 1. The molecule has 2 rings (SSSR count). The number of fused-ring (bicyclic) bond motifs is 1. The monoisotopic (exact) mass is 278 g/mol. The second-order valence-electron chi connectivity index (χ2n) is 5.59. The molecule has 3 N–H and O–H groups in total. The predicted octanol–water partition coefficient (Wildman–Crippen LogP) is 3.68. The van der Waals surface area contributed by atoms with Gasteiger partial charge >= 0.3 is 0 Å². The molecule has 0 aromatic carbocycles. The van der Waals surface area contributed by atoms with Crippen LogP contribution in [0.5, 0.6) is 0 Å². The van der Waals surface area contributed by atoms with E-state index in [2.05, 4.69) is 49.0 Å². The number of aromatic nitrogens is 2. The van der Waals surface area contributed by atoms with Crippen LogP contribution in [0.4, 0.5) is 11.8 Å². The summed E-state index contributed by atoms with van der Waals surface area (Å²) >= 11 is 1.69. The van der Waals surface area contributed by atoms with Crippen molar-refractivity contribution in [2.75, 3.05) is 17.6 Å². The van der Waals surface area contributed by atoms with Crippen LogP contribution < -0.4 is 11.1 Å². The second kappa shape index (κ2) is 5.33. The van der Waals surface area contributed by atoms with E-state index in [0.29, 0.717) is 5.95 Å². The molecule has 2 heterocycles. The smallest absolute Gasteiger partial charge is 0.223 e. The van der Waals surface area contributed by atoms with Crippen molar-refractivity contribution < 1.29 is 0 Å². The number of hydrogen-bond donors (Lipinski definition) is 2. The zero-order chi connectivity index (χ0) is 14.0. The molecule has 0 atom stereocenters. The highest BCUT2D eigenvalue weighted by Crippen LogP contribution is 2.30. The van der Waals surface area contributed by atoms with Crippen LogP contribution in [0.25, 0.3) is 10.2 Å². The van der Waals surface area contributed by atoms with Crippen LogP contribution in [0, 0.1) is 5.41 Å². The Morgan fingerprint density at radius 1 is 1.32 bits per heavy atom. The SMILES string of the molecule is CCc1cc2c(NCC(C)(C)CC)nc(N)nc2s1. The summed E-state index contributed by atoms with van der Waals surface area (Å²) in [5, 5.41) is 4.52. The third-order valence-electron chi connectivity index (χ3n) is 3.50. The predicted molar refractivity (Wildman–Crippen MR) is 83.8 cm³/mol. The van der Waals surface area contributed by atoms with Gasteiger partial charge in [0.05, 0.1) is 5.39 Å². The van der Waals surface area contributed by atoms with E-state index in [-0.39, 0.29) is 5.41 Å². The number of aryl methyl sites for hydroxylation is 1. The van der Waals surface area contributed by atoms with Gasteiger partial charge in [0.15, 0.2) is 0 Å². The molecule has 0 saturated heterocycles. The lowest BCUT2D eigenvalue weighted by atomic mass is 9.90. The number of rotatable bonds is 5. The quantitative estimate of drug-likeness (QED) is 0.875. The van der Waals surface area contributed by atoms with E-state index >= 15 is 0 Å². The number of anilines is 2. The van der Waals surface area contributed by atoms with Crippen LogP contribution >= 0.6 is 11.3 Å². The summed E-state index contributed by atoms with van der Waals surface area (Å²) in [6.45, 7) is 9.71. The van der Waals surface area contributed by atoms with Gasteiger partial charge in [0.1, 0.15) is 10.6 Å². The molecule has 0 amide bonds. The molecule has 0 spiro atoms. The number of nitrogens with zero attached hydrogens (tertiary/aromatic N) is 2. The van der Waals surface area contributed by atoms with Crippen molar-refractivity contribution in [3.63, 3.8) is 0 Å². The van der Waals surface area contributed by atoms with Gasteiger partial charge in [0, 0.05) is 11.4 Å². The lowest BCUT2D eigenvalue weighted by Crippen LogP contribution is -2.22. The molecule has 0 aliphatic carbocycles. The standard InChI is InChI=1S/C14H22N4S/c1-5-9-7-10-11(16-8-14(3,4)6-2)17-13(15)18-12(10)19-9/h7H,5-6,8H2,1-4H3,(H3,15,16,17,18). The Morgan fingerprint density at radius 2 is 2.05 bits per heavy atom. The van der Waals surface area contributed by atoms with Crippen LogP contribution in [-0.2, 0) is 6.42 Å². The summed E-state index contributed by atoms with van der Waals surface area (Å²) < 4.78 is 0. The Labute approximate surface area is 118 Å². The minimum atomic E-state index is 0.246. The molecule has 5 heteroatoms. The second-order valence-corrected chi connectivity index (χ2v) is 6.70. The van der Waals surface area contributed by atoms with E-state index in [4.69, 9.17) is 5.73 Å². The molecule has 4 nitrogen and oxygen atoms in total. The van der Waals surface area contributed by atoms with Crippen LogP contribution in [0.3, 0.4) is 0 Å². The average Bonchev–Trinajstić information content (AvgIpc) is 2.79. The summed E-state index contributed by atoms with van der Waals surface area (Å²) in [6.07, 6.45) is 2.13. The highest BCUT2D eigenvalue weighted by Gasteiger charge is 2.17. The third-order valence-corrected chi connectivity index (χ3v) is 4.67. The van der Waals surface area contributed by atoms with Gasteiger partial charge < -0.3 is 11.1 Å². The molecule has 0 unspecified atom stereocenters. The topological polar surface area (TPSA) is 63.8 Å². The van der Waals surface area contributed by atoms with E-state index < -0.39 is 0 Å². The lowest BCUT2D eigenvalue weighted by Gasteiger charge is -2.23. The van der Waals surface area contributed by atoms with Gasteiger partial charge in [0.2, 0.25) is 5.95 Å². The lowest BCUT2D eigenvalue weighted by molar-refractivity contribution is 0.376. The van der Waals surface area contributed by atoms with Crippen molar-refractivity contribution >= 4 is 33.3 Å². The molecular weight excluding hydrogens is 256 g/mol. The molecule has 0 fully saturated rings. The minimum Gasteiger partial charge on any atom is -0.369 e. The number of nitrogens with one attached hydrogen (secondary N) is 1. The molecular formula is C14H22N4S. The Morgan fingerprint density at radius 3 is 2.68 bits per heavy atom. The van der Waals surface area contributed by atoms with Crippen LogP contribution in [0.1, 0.15) is 39.0 Å². The van der Waals surface area contributed by atoms with E-state index in [1.165, 1.54) is 4.88 Å². The maximum Gasteiger partial charge on any atom is 0.223 e. The molecule has 2 aromatic rings. The normalized spacial score (nSPS) is 12.0. The summed E-state index contributed by atoms with van der Waals surface area (Å²) in [7, 11) is 0. The van der Waals surface area contributed by atoms with Crippen LogP contribution in [0.2, 0.25) is 0 Å². The molecule has 0 saturated carbocycles. The fourth-order valence-corrected chi connectivity index (χ4v) is 2.72. The molecule has 0 aliphatic heterocycles. The molecule has 2 aromatic heterocycles. The Hall–Kier alpha value is -1.36. The summed E-state index contributed by atoms with van der Waals surface area (Å²) in [6, 6.07) is 2.17. The van der Waals surface area contributed by atoms with E-state index in [9.17, 15) is 0 Å². The fraction of sp³-hybridized carbons (Fsp3) is 0.571. The number of nitrogens with two attached hydrogens (primary N) is 1. The van der Waals surface area contributed by atoms with Gasteiger partial charge in [-0.25, -0.2) is 4.98 Å². The largest absolute Gasteiger partial charge is 0.369 e. The molecule has 0 radical (unpaired) electrons. The summed E-state index contributed by atoms with van der Waals surface area (Å²) in [5.74, 6) is 1.20. The first kappa shape index (κ1) is 14.1. The van der Waals surface area contributed by atoms with Crippen molar-refractivity contribution in [2.45, 2.75) is 40.5 Å². The van der Waals surface area contributed by atoms with Gasteiger partial charge in [0.25, 0.3) is 0 Å². The van der Waals surface area contributed by atoms with Gasteiger partial charge in [-0.2, -0.15) is 4.98 Å². The van der Waals surface area contributed by atoms with Gasteiger partial charge in [-0.15, -0.1) is 11.3 Å². The average molecular weight is 278 g/mol. The highest BCUT2D eigenvalue weighted by molar-refractivity contribution is 7.18. The van der Waals surface area contributed by atoms with Crippen molar-refractivity contribution in [1.29, 1.82) is 0 Å². The zero-order valence-corrected chi connectivity index (χ0v) is 12.9. The Bertz CT molecular complexity index is 574. The first-order valence-electron chi connectivity index (χ1n) is 6.75. The van der Waals surface area contributed by atoms with Crippen molar-refractivity contribution in [3.8, 4) is 0 Å². The van der Waals surface area contributed by atoms with Crippen LogP contribution in [-0.4, -0.2) is 16.5 Å².